The van der Waals surface area contributed by atoms with Gasteiger partial charge in [0.2, 0.25) is 0 Å². The highest BCUT2D eigenvalue weighted by Gasteiger charge is 2.25. The van der Waals surface area contributed by atoms with E-state index in [-0.39, 0.29) is 19.0 Å². The monoisotopic (exact) mass is 670 g/mol. The number of ether oxygens (including phenoxy) is 2. The van der Waals surface area contributed by atoms with E-state index in [2.05, 4.69) is 36.2 Å². The standard InChI is InChI=1S/C30H28BrFN4O4S2/c1-18(2)42(37,38)19(3)39-15-29-36-27(16-41-29)21-7-9-26-24(12-21)30(34-17-33-26)35-23-8-10-28(25(31)13-23)40-14-20-5-4-6-22(32)11-20/h4-13,16-19H,14-15H2,1-3H3,(H,33,34,35). The maximum absolute atomic E-state index is 13.5. The molecule has 0 fully saturated rings. The Kier molecular flexibility index (Phi) is 9.16. The fraction of sp³-hybridized carbons (Fsp3) is 0.233. The van der Waals surface area contributed by atoms with Crippen molar-refractivity contribution in [2.24, 2.45) is 0 Å². The van der Waals surface area contributed by atoms with Crippen LogP contribution in [0.2, 0.25) is 0 Å². The van der Waals surface area contributed by atoms with E-state index in [1.165, 1.54) is 29.8 Å². The molecule has 3 aromatic carbocycles. The largest absolute Gasteiger partial charge is 0.488 e. The van der Waals surface area contributed by atoms with Crippen molar-refractivity contribution in [2.45, 2.75) is 44.7 Å². The summed E-state index contributed by atoms with van der Waals surface area (Å²) in [5.74, 6) is 0.941. The van der Waals surface area contributed by atoms with Gasteiger partial charge < -0.3 is 14.8 Å². The van der Waals surface area contributed by atoms with E-state index in [1.807, 2.05) is 47.8 Å². The third-order valence-corrected chi connectivity index (χ3v) is 10.3. The zero-order chi connectivity index (χ0) is 29.9. The summed E-state index contributed by atoms with van der Waals surface area (Å²) >= 11 is 4.97. The zero-order valence-electron chi connectivity index (χ0n) is 23.0. The molecular formula is C30H28BrFN4O4S2. The fourth-order valence-electron chi connectivity index (χ4n) is 4.11. The van der Waals surface area contributed by atoms with Gasteiger partial charge in [-0.05, 0) is 84.7 Å². The van der Waals surface area contributed by atoms with Gasteiger partial charge in [-0.3, -0.25) is 0 Å². The first kappa shape index (κ1) is 30.0. The van der Waals surface area contributed by atoms with Crippen LogP contribution in [-0.2, 0) is 27.8 Å². The second-order valence-electron chi connectivity index (χ2n) is 9.79. The molecule has 5 rings (SSSR count). The molecule has 12 heteroatoms. The minimum Gasteiger partial charge on any atom is -0.488 e. The molecule has 0 saturated carbocycles. The third kappa shape index (κ3) is 6.95. The van der Waals surface area contributed by atoms with Crippen molar-refractivity contribution in [2.75, 3.05) is 5.32 Å². The molecule has 1 unspecified atom stereocenters. The second kappa shape index (κ2) is 12.8. The van der Waals surface area contributed by atoms with E-state index < -0.39 is 20.5 Å². The first-order valence-corrected chi connectivity index (χ1v) is 16.4. The quantitative estimate of drug-likeness (QED) is 0.153. The molecule has 0 spiro atoms. The fourth-order valence-corrected chi connectivity index (χ4v) is 6.35. The summed E-state index contributed by atoms with van der Waals surface area (Å²) in [4.78, 5) is 13.5. The number of thiazole rings is 1. The first-order valence-electron chi connectivity index (χ1n) is 13.1. The normalized spacial score (nSPS) is 12.5. The summed E-state index contributed by atoms with van der Waals surface area (Å²) in [6.45, 7) is 5.18. The number of halogens is 2. The minimum atomic E-state index is -3.36. The molecule has 0 aliphatic carbocycles. The van der Waals surface area contributed by atoms with Gasteiger partial charge in [0.15, 0.2) is 15.3 Å². The predicted octanol–water partition coefficient (Wildman–Crippen LogP) is 7.66. The molecule has 5 aromatic rings. The van der Waals surface area contributed by atoms with Crippen molar-refractivity contribution < 1.29 is 22.3 Å². The number of anilines is 2. The molecule has 0 radical (unpaired) electrons. The number of hydrogen-bond donors (Lipinski definition) is 1. The lowest BCUT2D eigenvalue weighted by Crippen LogP contribution is -2.28. The number of nitrogens with one attached hydrogen (secondary N) is 1. The van der Waals surface area contributed by atoms with Crippen LogP contribution in [0.15, 0.2) is 76.8 Å². The zero-order valence-corrected chi connectivity index (χ0v) is 26.3. The van der Waals surface area contributed by atoms with E-state index >= 15 is 0 Å². The van der Waals surface area contributed by atoms with Gasteiger partial charge in [0.05, 0.1) is 20.9 Å². The number of hydrogen-bond acceptors (Lipinski definition) is 9. The van der Waals surface area contributed by atoms with Gasteiger partial charge in [0, 0.05) is 22.0 Å². The van der Waals surface area contributed by atoms with E-state index in [1.54, 1.807) is 26.8 Å². The lowest BCUT2D eigenvalue weighted by Gasteiger charge is -2.15. The van der Waals surface area contributed by atoms with Crippen LogP contribution in [0.3, 0.4) is 0 Å². The van der Waals surface area contributed by atoms with E-state index in [9.17, 15) is 12.8 Å². The Morgan fingerprint density at radius 1 is 1.02 bits per heavy atom. The Hall–Kier alpha value is -3.45. The number of sulfone groups is 1. The van der Waals surface area contributed by atoms with Crippen molar-refractivity contribution in [3.63, 3.8) is 0 Å². The number of rotatable bonds is 11. The van der Waals surface area contributed by atoms with Crippen molar-refractivity contribution >= 4 is 59.5 Å². The molecule has 8 nitrogen and oxygen atoms in total. The van der Waals surface area contributed by atoms with E-state index in [0.717, 1.165) is 37.9 Å². The highest BCUT2D eigenvalue weighted by Crippen LogP contribution is 2.33. The summed E-state index contributed by atoms with van der Waals surface area (Å²) < 4.78 is 50.3. The molecule has 218 valence electrons. The highest BCUT2D eigenvalue weighted by molar-refractivity contribution is 9.10. The summed E-state index contributed by atoms with van der Waals surface area (Å²) in [6, 6.07) is 17.7. The van der Waals surface area contributed by atoms with Gasteiger partial charge in [-0.1, -0.05) is 18.2 Å². The van der Waals surface area contributed by atoms with Crippen LogP contribution in [0.25, 0.3) is 22.2 Å². The molecule has 1 N–H and O–H groups in total. The van der Waals surface area contributed by atoms with Gasteiger partial charge in [-0.2, -0.15) is 0 Å². The SMILES string of the molecule is CC(C)S(=O)(=O)C(C)OCc1nc(-c2ccc3ncnc(Nc4ccc(OCc5cccc(F)c5)c(Br)c4)c3c2)cs1. The summed E-state index contributed by atoms with van der Waals surface area (Å²) in [5, 5.41) is 6.25. The van der Waals surface area contributed by atoms with E-state index in [4.69, 9.17) is 9.47 Å². The maximum atomic E-state index is 13.5. The van der Waals surface area contributed by atoms with Crippen LogP contribution in [0.1, 0.15) is 31.3 Å². The summed E-state index contributed by atoms with van der Waals surface area (Å²) in [7, 11) is -3.36. The molecule has 0 aliphatic heterocycles. The second-order valence-corrected chi connectivity index (χ2v) is 14.4. The molecule has 42 heavy (non-hydrogen) atoms. The topological polar surface area (TPSA) is 103 Å². The van der Waals surface area contributed by atoms with Crippen LogP contribution in [0.4, 0.5) is 15.9 Å². The minimum absolute atomic E-state index is 0.109. The van der Waals surface area contributed by atoms with Gasteiger partial charge in [-0.15, -0.1) is 11.3 Å². The Morgan fingerprint density at radius 3 is 2.62 bits per heavy atom. The summed E-state index contributed by atoms with van der Waals surface area (Å²) in [5.41, 5.74) is 2.98. The van der Waals surface area contributed by atoms with Crippen molar-refractivity contribution in [3.8, 4) is 17.0 Å². The Morgan fingerprint density at radius 2 is 1.86 bits per heavy atom. The third-order valence-electron chi connectivity index (χ3n) is 6.52. The van der Waals surface area contributed by atoms with Crippen LogP contribution in [0.5, 0.6) is 5.75 Å². The smallest absolute Gasteiger partial charge is 0.179 e. The van der Waals surface area contributed by atoms with Gasteiger partial charge in [-0.25, -0.2) is 27.8 Å². The van der Waals surface area contributed by atoms with Crippen molar-refractivity contribution in [1.29, 1.82) is 0 Å². The molecule has 2 aromatic heterocycles. The Labute approximate surface area is 256 Å². The number of fused-ring (bicyclic) bond motifs is 1. The van der Waals surface area contributed by atoms with Gasteiger partial charge in [0.25, 0.3) is 0 Å². The average Bonchev–Trinajstić information content (AvgIpc) is 3.44. The number of benzene rings is 3. The van der Waals surface area contributed by atoms with Crippen molar-refractivity contribution in [3.05, 3.63) is 93.2 Å². The molecule has 0 bridgehead atoms. The lowest BCUT2D eigenvalue weighted by molar-refractivity contribution is 0.103. The van der Waals surface area contributed by atoms with E-state index in [0.29, 0.717) is 16.6 Å². The Bertz CT molecular complexity index is 1830. The van der Waals surface area contributed by atoms with Gasteiger partial charge in [0.1, 0.15) is 41.9 Å². The molecule has 2 heterocycles. The maximum Gasteiger partial charge on any atom is 0.179 e. The Balaban J connectivity index is 1.31. The van der Waals surface area contributed by atoms with Crippen LogP contribution in [-0.4, -0.2) is 34.1 Å². The molecule has 0 aliphatic rings. The number of nitrogens with zero attached hydrogens (tertiary/aromatic N) is 3. The molecular weight excluding hydrogens is 643 g/mol. The van der Waals surface area contributed by atoms with Crippen LogP contribution >= 0.6 is 27.3 Å². The first-order chi connectivity index (χ1) is 20.1. The van der Waals surface area contributed by atoms with Crippen molar-refractivity contribution in [1.82, 2.24) is 15.0 Å². The number of aromatic nitrogens is 3. The van der Waals surface area contributed by atoms with Gasteiger partial charge >= 0.3 is 0 Å². The van der Waals surface area contributed by atoms with Crippen LogP contribution in [0, 0.1) is 5.82 Å². The molecule has 0 saturated heterocycles. The average molecular weight is 672 g/mol. The molecule has 0 amide bonds. The predicted molar refractivity (Wildman–Crippen MR) is 167 cm³/mol. The van der Waals surface area contributed by atoms with Crippen LogP contribution < -0.4 is 10.1 Å². The highest BCUT2D eigenvalue weighted by atomic mass is 79.9. The molecule has 1 atom stereocenters. The lowest BCUT2D eigenvalue weighted by atomic mass is 10.1. The summed E-state index contributed by atoms with van der Waals surface area (Å²) in [6.07, 6.45) is 1.50.